The van der Waals surface area contributed by atoms with Crippen molar-refractivity contribution in [1.82, 2.24) is 0 Å². The molecule has 0 N–H and O–H groups in total. The number of hydrogen-bond acceptors (Lipinski definition) is 0. The minimum Gasteiger partial charge on any atom is -0.241 e. The Hall–Kier alpha value is -1.54. The topological polar surface area (TPSA) is 0 Å². The predicted octanol–water partition coefficient (Wildman–Crippen LogP) is 36.8. The number of halogens is 22. The van der Waals surface area contributed by atoms with Gasteiger partial charge in [0.25, 0.3) is 11.8 Å². The molecule has 0 heterocycles. The molecule has 0 aromatic rings. The average molecular weight is 1630 g/mol. The normalized spacial score (nSPS) is 14.3. The first-order valence-corrected chi connectivity index (χ1v) is 38.0. The Kier molecular flexibility index (Phi) is 54.9. The van der Waals surface area contributed by atoms with Crippen LogP contribution in [0.4, 0.5) is 96.6 Å². The largest absolute Gasteiger partial charge is 0.394 e. The number of hydrogen-bond donors (Lipinski definition) is 0. The number of rotatable bonds is 12. The lowest BCUT2D eigenvalue weighted by atomic mass is 9.65. The van der Waals surface area contributed by atoms with Crippen LogP contribution in [-0.2, 0) is 0 Å². The Morgan fingerprint density at radius 3 is 0.269 bits per heavy atom. The highest BCUT2D eigenvalue weighted by Gasteiger charge is 2.56. The number of alkyl halides is 22. The Bertz CT molecular complexity index is 1800. The van der Waals surface area contributed by atoms with E-state index in [9.17, 15) is 96.6 Å². The summed E-state index contributed by atoms with van der Waals surface area (Å²) in [6.07, 6.45) is -0.583. The Balaban J connectivity index is -0.0000000933. The van der Waals surface area contributed by atoms with Crippen molar-refractivity contribution in [1.29, 1.82) is 0 Å². The van der Waals surface area contributed by atoms with Crippen molar-refractivity contribution >= 4 is 0 Å². The first kappa shape index (κ1) is 133. The van der Waals surface area contributed by atoms with Gasteiger partial charge in [-0.2, -0.15) is 26.3 Å². The third kappa shape index (κ3) is 55.1. The zero-order valence-corrected chi connectivity index (χ0v) is 79.6. The molecule has 0 atom stereocenters. The second-order valence-electron chi connectivity index (χ2n) is 42.4. The summed E-state index contributed by atoms with van der Waals surface area (Å²) in [4.78, 5) is 0. The zero-order chi connectivity index (χ0) is 93.2. The summed E-state index contributed by atoms with van der Waals surface area (Å²) >= 11 is 0. The second kappa shape index (κ2) is 44.7. The average Bonchev–Trinajstić information content (AvgIpc) is 0.792. The molecular weight excluding hydrogens is 1450 g/mol. The maximum atomic E-state index is 12.5. The van der Waals surface area contributed by atoms with Crippen LogP contribution in [0.25, 0.3) is 0 Å². The van der Waals surface area contributed by atoms with E-state index < -0.39 is 103 Å². The van der Waals surface area contributed by atoms with Crippen molar-refractivity contribution in [2.24, 2.45) is 75.8 Å². The van der Waals surface area contributed by atoms with Gasteiger partial charge >= 0.3 is 24.2 Å². The van der Waals surface area contributed by atoms with Crippen molar-refractivity contribution in [3.05, 3.63) is 0 Å². The molecule has 0 unspecified atom stereocenters. The fraction of sp³-hybridized carbons (Fsp3) is 1.00. The summed E-state index contributed by atoms with van der Waals surface area (Å²) in [5.74, 6) is -19.4. The first-order chi connectivity index (χ1) is 44.9. The Labute approximate surface area is 652 Å². The van der Waals surface area contributed by atoms with Crippen molar-refractivity contribution in [2.45, 2.75) is 483 Å². The molecule has 22 heteroatoms. The van der Waals surface area contributed by atoms with E-state index in [1.807, 2.05) is 0 Å². The van der Waals surface area contributed by atoms with E-state index in [0.29, 0.717) is 57.2 Å². The van der Waals surface area contributed by atoms with E-state index in [4.69, 9.17) is 0 Å². The molecule has 0 nitrogen and oxygen atoms in total. The minimum atomic E-state index is -4.12. The third-order valence-corrected chi connectivity index (χ3v) is 24.9. The van der Waals surface area contributed by atoms with Crippen LogP contribution >= 0.6 is 0 Å². The lowest BCUT2D eigenvalue weighted by Gasteiger charge is -2.40. The molecule has 0 fully saturated rings. The van der Waals surface area contributed by atoms with Crippen LogP contribution in [0.15, 0.2) is 0 Å². The molecule has 0 saturated heterocycles. The molecule has 672 valence electrons. The fourth-order valence-electron chi connectivity index (χ4n) is 4.08. The quantitative estimate of drug-likeness (QED) is 0.171. The molecule has 0 radical (unpaired) electrons. The predicted molar refractivity (Wildman–Crippen MR) is 425 cm³/mol. The monoisotopic (exact) mass is 1630 g/mol. The molecule has 0 rings (SSSR count). The Morgan fingerprint density at radius 2 is 0.259 bits per heavy atom. The molecule has 108 heavy (non-hydrogen) atoms. The van der Waals surface area contributed by atoms with Crippen molar-refractivity contribution < 1.29 is 96.6 Å². The van der Waals surface area contributed by atoms with Crippen LogP contribution in [-0.4, -0.2) is 70.6 Å². The van der Waals surface area contributed by atoms with Crippen molar-refractivity contribution in [2.75, 3.05) is 0 Å². The molecule has 0 bridgehead atoms. The van der Waals surface area contributed by atoms with Crippen LogP contribution < -0.4 is 0 Å². The van der Waals surface area contributed by atoms with Gasteiger partial charge in [-0.25, -0.2) is 70.2 Å². The van der Waals surface area contributed by atoms with Crippen molar-refractivity contribution in [3.63, 3.8) is 0 Å². The maximum absolute atomic E-state index is 12.5. The van der Waals surface area contributed by atoms with Crippen LogP contribution in [0.1, 0.15) is 412 Å². The summed E-state index contributed by atoms with van der Waals surface area (Å²) < 4.78 is 266. The summed E-state index contributed by atoms with van der Waals surface area (Å²) in [7, 11) is 0. The van der Waals surface area contributed by atoms with Crippen LogP contribution in [0.3, 0.4) is 0 Å². The molecule has 0 spiro atoms. The molecule has 0 amide bonds. The smallest absolute Gasteiger partial charge is 0.241 e. The lowest BCUT2D eigenvalue weighted by Crippen LogP contribution is -2.43. The summed E-state index contributed by atoms with van der Waals surface area (Å²) in [5, 5.41) is 0. The lowest BCUT2D eigenvalue weighted by molar-refractivity contribution is -0.244. The van der Waals surface area contributed by atoms with E-state index >= 15 is 0 Å². The summed E-state index contributed by atoms with van der Waals surface area (Å²) in [6, 6.07) is 0. The molecule has 0 aliphatic carbocycles. The van der Waals surface area contributed by atoms with E-state index in [2.05, 4.69) is 166 Å². The highest BCUT2D eigenvalue weighted by molar-refractivity contribution is 4.91. The van der Waals surface area contributed by atoms with E-state index in [1.165, 1.54) is 135 Å². The Morgan fingerprint density at radius 1 is 0.139 bits per heavy atom. The summed E-state index contributed by atoms with van der Waals surface area (Å²) in [5.41, 5.74) is -11.0. The van der Waals surface area contributed by atoms with Gasteiger partial charge in [0.15, 0.2) is 11.3 Å². The molecule has 0 saturated carbocycles. The SMILES string of the molecule is CC(C)(C)C(C)(C)C.CC(C)(C)C(C)(C)C(F)(F)F.CC(C)(C)C(C)(C)C(F)(F)F.CC(C)(C)C(C)(F)F.CC(C)(C)C(C)(F)F.CC(C)(F)C(C)(C)F.CC(C)(F)C(C)(F)F.CC(C)(F)C(C)(F)F.CC(F)(F)C(C)(F)F.CCC(C)(C)C(C)(C)CC.CCC(C)(C)C(C)(C)CC.CCC(C)(CC)C(C)(C)C. The minimum absolute atomic E-state index is 0.188. The van der Waals surface area contributed by atoms with Gasteiger partial charge in [0.2, 0.25) is 11.8 Å². The van der Waals surface area contributed by atoms with Gasteiger partial charge in [-0.15, -0.1) is 0 Å². The second-order valence-corrected chi connectivity index (χ2v) is 42.4. The molecular formula is C86H174F22. The molecule has 0 aliphatic heterocycles. The third-order valence-electron chi connectivity index (χ3n) is 24.9. The van der Waals surface area contributed by atoms with E-state index in [0.717, 1.165) is 41.5 Å². The maximum Gasteiger partial charge on any atom is 0.394 e. The van der Waals surface area contributed by atoms with E-state index in [1.54, 1.807) is 41.5 Å². The van der Waals surface area contributed by atoms with Gasteiger partial charge in [-0.1, -0.05) is 315 Å². The summed E-state index contributed by atoms with van der Waals surface area (Å²) in [6.45, 7) is 90.9. The van der Waals surface area contributed by atoms with Gasteiger partial charge in [0.1, 0.15) is 11.3 Å². The highest BCUT2D eigenvalue weighted by Crippen LogP contribution is 2.52. The standard InChI is InChI=1S/3C10H22.2C8H15F3.C8H18.3C6H12F2.2C5H9F3.C4H6F4/c2*1-7-9(3,4)10(5,6)8-2;1-7-10(6,8-2)9(3,4)5;2*1-6(2,3)7(4,5)8(9,10)11;1-7(2,3)8(4,5)6;1-5(2,7)6(3,4)8;2*1-5(2,3)6(4,7)8;2*1-4(2,6)5(3,7)8;1-3(5,6)4(2,7)8/h3*7-8H2,1-6H3;2*1-5H3;1-6H3;3*1-4H3;2*1-3H3;1-2H3. The molecule has 0 aliphatic rings. The first-order valence-electron chi connectivity index (χ1n) is 38.0. The van der Waals surface area contributed by atoms with E-state index in [-0.39, 0.29) is 13.8 Å². The van der Waals surface area contributed by atoms with Gasteiger partial charge in [0.05, 0.1) is 10.8 Å². The van der Waals surface area contributed by atoms with Gasteiger partial charge in [-0.3, -0.25) is 0 Å². The highest BCUT2D eigenvalue weighted by atomic mass is 19.4. The van der Waals surface area contributed by atoms with Crippen LogP contribution in [0.5, 0.6) is 0 Å². The molecule has 0 aromatic heterocycles. The van der Waals surface area contributed by atoms with Gasteiger partial charge in [0, 0.05) is 38.5 Å². The van der Waals surface area contributed by atoms with Crippen molar-refractivity contribution in [3.8, 4) is 0 Å². The molecule has 0 aromatic carbocycles. The zero-order valence-electron chi connectivity index (χ0n) is 79.6. The van der Waals surface area contributed by atoms with Gasteiger partial charge < -0.3 is 0 Å². The fourth-order valence-corrected chi connectivity index (χ4v) is 4.08. The van der Waals surface area contributed by atoms with Crippen LogP contribution in [0.2, 0.25) is 0 Å². The van der Waals surface area contributed by atoms with Gasteiger partial charge in [-0.05, 0) is 123 Å². The van der Waals surface area contributed by atoms with Crippen LogP contribution in [0, 0.1) is 75.8 Å².